The third-order valence-corrected chi connectivity index (χ3v) is 4.80. The number of benzene rings is 2. The van der Waals surface area contributed by atoms with Gasteiger partial charge in [-0.2, -0.15) is 0 Å². The highest BCUT2D eigenvalue weighted by atomic mass is 16.5. The average molecular weight is 399 g/mol. The van der Waals surface area contributed by atoms with E-state index in [4.69, 9.17) is 14.5 Å². The number of guanidine groups is 1. The summed E-state index contributed by atoms with van der Waals surface area (Å²) in [5.74, 6) is 2.25. The third kappa shape index (κ3) is 7.31. The highest BCUT2D eigenvalue weighted by molar-refractivity contribution is 5.79. The first-order valence-electron chi connectivity index (χ1n) is 10.0. The van der Waals surface area contributed by atoms with Gasteiger partial charge >= 0.3 is 0 Å². The van der Waals surface area contributed by atoms with Crippen LogP contribution in [0.25, 0.3) is 0 Å². The van der Waals surface area contributed by atoms with Gasteiger partial charge in [-0.3, -0.25) is 4.90 Å². The molecule has 1 unspecified atom stereocenters. The van der Waals surface area contributed by atoms with Gasteiger partial charge in [0.15, 0.2) is 17.5 Å². The zero-order chi connectivity index (χ0) is 21.1. The lowest BCUT2D eigenvalue weighted by atomic mass is 10.2. The van der Waals surface area contributed by atoms with Gasteiger partial charge in [0.05, 0.1) is 20.8 Å². The topological polar surface area (TPSA) is 58.1 Å². The highest BCUT2D eigenvalue weighted by Gasteiger charge is 2.11. The van der Waals surface area contributed by atoms with Crippen LogP contribution in [-0.2, 0) is 13.1 Å². The number of nitrogens with one attached hydrogen (secondary N) is 2. The maximum atomic E-state index is 5.38. The molecule has 158 valence electrons. The van der Waals surface area contributed by atoms with Gasteiger partial charge in [0.2, 0.25) is 0 Å². The van der Waals surface area contributed by atoms with Crippen LogP contribution in [-0.4, -0.2) is 51.3 Å². The molecule has 0 amide bonds. The fourth-order valence-corrected chi connectivity index (χ4v) is 2.92. The van der Waals surface area contributed by atoms with Gasteiger partial charge in [0.25, 0.3) is 0 Å². The fourth-order valence-electron chi connectivity index (χ4n) is 2.92. The Hall–Kier alpha value is -2.73. The Kier molecular flexibility index (Phi) is 9.31. The number of rotatable bonds is 10. The molecule has 0 saturated carbocycles. The van der Waals surface area contributed by atoms with Crippen LogP contribution in [0.2, 0.25) is 0 Å². The lowest BCUT2D eigenvalue weighted by Crippen LogP contribution is -2.44. The zero-order valence-corrected chi connectivity index (χ0v) is 18.2. The van der Waals surface area contributed by atoms with Crippen LogP contribution in [0.1, 0.15) is 25.0 Å². The molecule has 29 heavy (non-hydrogen) atoms. The molecular weight excluding hydrogens is 364 g/mol. The third-order valence-electron chi connectivity index (χ3n) is 4.80. The Bertz CT molecular complexity index is 765. The molecule has 0 bridgehead atoms. The largest absolute Gasteiger partial charge is 0.493 e. The molecule has 0 fully saturated rings. The van der Waals surface area contributed by atoms with E-state index in [-0.39, 0.29) is 0 Å². The van der Waals surface area contributed by atoms with Crippen LogP contribution in [0, 0.1) is 0 Å². The first kappa shape index (κ1) is 22.6. The fraction of sp³-hybridized carbons (Fsp3) is 0.435. The van der Waals surface area contributed by atoms with E-state index in [2.05, 4.69) is 60.7 Å². The molecule has 0 spiro atoms. The predicted molar refractivity (Wildman–Crippen MR) is 120 cm³/mol. The molecule has 1 atom stereocenters. The van der Waals surface area contributed by atoms with E-state index in [1.807, 2.05) is 24.3 Å². The zero-order valence-electron chi connectivity index (χ0n) is 18.2. The summed E-state index contributed by atoms with van der Waals surface area (Å²) in [6, 6.07) is 16.8. The molecule has 0 radical (unpaired) electrons. The maximum absolute atomic E-state index is 5.38. The summed E-state index contributed by atoms with van der Waals surface area (Å²) >= 11 is 0. The van der Waals surface area contributed by atoms with Crippen molar-refractivity contribution < 1.29 is 9.47 Å². The number of aliphatic imine (C=N–C) groups is 1. The molecule has 6 nitrogen and oxygen atoms in total. The van der Waals surface area contributed by atoms with Gasteiger partial charge in [-0.15, -0.1) is 0 Å². The van der Waals surface area contributed by atoms with Crippen molar-refractivity contribution in [2.24, 2.45) is 4.99 Å². The minimum Gasteiger partial charge on any atom is -0.493 e. The van der Waals surface area contributed by atoms with Crippen molar-refractivity contribution in [1.82, 2.24) is 15.5 Å². The molecule has 0 saturated heterocycles. The Balaban J connectivity index is 1.93. The second-order valence-electron chi connectivity index (χ2n) is 7.02. The molecule has 2 rings (SSSR count). The summed E-state index contributed by atoms with van der Waals surface area (Å²) in [7, 11) is 5.43. The molecule has 6 heteroatoms. The van der Waals surface area contributed by atoms with Crippen LogP contribution >= 0.6 is 0 Å². The van der Waals surface area contributed by atoms with Gasteiger partial charge in [0.1, 0.15) is 0 Å². The number of ether oxygens (including phenoxy) is 2. The molecule has 0 aliphatic rings. The van der Waals surface area contributed by atoms with Gasteiger partial charge in [-0.05, 0) is 44.2 Å². The summed E-state index contributed by atoms with van der Waals surface area (Å²) in [6.45, 7) is 7.38. The Morgan fingerprint density at radius 1 is 1.00 bits per heavy atom. The summed E-state index contributed by atoms with van der Waals surface area (Å²) in [4.78, 5) is 7.04. The summed E-state index contributed by atoms with van der Waals surface area (Å²) < 4.78 is 10.7. The molecule has 2 aromatic carbocycles. The van der Waals surface area contributed by atoms with E-state index >= 15 is 0 Å². The molecule has 0 aliphatic carbocycles. The first-order chi connectivity index (χ1) is 14.1. The van der Waals surface area contributed by atoms with E-state index in [9.17, 15) is 0 Å². The van der Waals surface area contributed by atoms with Gasteiger partial charge in [-0.1, -0.05) is 36.4 Å². The summed E-state index contributed by atoms with van der Waals surface area (Å²) in [5.41, 5.74) is 2.38. The van der Waals surface area contributed by atoms with Gasteiger partial charge < -0.3 is 20.1 Å². The van der Waals surface area contributed by atoms with Gasteiger partial charge in [0, 0.05) is 25.7 Å². The number of methoxy groups -OCH3 is 2. The van der Waals surface area contributed by atoms with Crippen LogP contribution < -0.4 is 20.1 Å². The second kappa shape index (κ2) is 12.0. The van der Waals surface area contributed by atoms with Crippen molar-refractivity contribution in [3.8, 4) is 11.5 Å². The highest BCUT2D eigenvalue weighted by Crippen LogP contribution is 2.27. The summed E-state index contributed by atoms with van der Waals surface area (Å²) in [5, 5.41) is 6.76. The number of hydrogen-bond acceptors (Lipinski definition) is 4. The Morgan fingerprint density at radius 3 is 2.38 bits per heavy atom. The normalized spacial score (nSPS) is 12.6. The molecule has 2 aromatic rings. The van der Waals surface area contributed by atoms with Crippen molar-refractivity contribution in [3.63, 3.8) is 0 Å². The predicted octanol–water partition coefficient (Wildman–Crippen LogP) is 3.28. The van der Waals surface area contributed by atoms with E-state index in [1.165, 1.54) is 5.56 Å². The van der Waals surface area contributed by atoms with Gasteiger partial charge in [-0.25, -0.2) is 4.99 Å². The standard InChI is InChI=1S/C23H34N4O2/c1-6-24-23(26-16-20-12-13-21(28-4)22(14-20)29-5)25-15-18(2)27(3)17-19-10-8-7-9-11-19/h7-14,18H,6,15-17H2,1-5H3,(H2,24,25,26). The van der Waals surface area contributed by atoms with Crippen LogP contribution in [0.3, 0.4) is 0 Å². The van der Waals surface area contributed by atoms with Crippen molar-refractivity contribution >= 4 is 5.96 Å². The van der Waals surface area contributed by atoms with Crippen LogP contribution in [0.15, 0.2) is 53.5 Å². The maximum Gasteiger partial charge on any atom is 0.191 e. The van der Waals surface area contributed by atoms with E-state index < -0.39 is 0 Å². The molecule has 0 aromatic heterocycles. The van der Waals surface area contributed by atoms with E-state index in [0.29, 0.717) is 18.3 Å². The van der Waals surface area contributed by atoms with Crippen LogP contribution in [0.4, 0.5) is 0 Å². The number of nitrogens with zero attached hydrogens (tertiary/aromatic N) is 2. The van der Waals surface area contributed by atoms with Crippen molar-refractivity contribution in [3.05, 3.63) is 59.7 Å². The van der Waals surface area contributed by atoms with E-state index in [1.54, 1.807) is 14.2 Å². The Labute approximate surface area is 174 Å². The lowest BCUT2D eigenvalue weighted by molar-refractivity contribution is 0.249. The molecular formula is C23H34N4O2. The molecule has 2 N–H and O–H groups in total. The Morgan fingerprint density at radius 2 is 1.72 bits per heavy atom. The SMILES string of the molecule is CCNC(=NCc1ccc(OC)c(OC)c1)NCC(C)N(C)Cc1ccccc1. The minimum atomic E-state index is 0.361. The smallest absolute Gasteiger partial charge is 0.191 e. The second-order valence-corrected chi connectivity index (χ2v) is 7.02. The lowest BCUT2D eigenvalue weighted by Gasteiger charge is -2.25. The van der Waals surface area contributed by atoms with Crippen LogP contribution in [0.5, 0.6) is 11.5 Å². The van der Waals surface area contributed by atoms with Crippen molar-refractivity contribution in [2.45, 2.75) is 33.0 Å². The van der Waals surface area contributed by atoms with Crippen molar-refractivity contribution in [1.29, 1.82) is 0 Å². The first-order valence-corrected chi connectivity index (χ1v) is 10.0. The minimum absolute atomic E-state index is 0.361. The molecule has 0 aliphatic heterocycles. The number of likely N-dealkylation sites (N-methyl/N-ethyl adjacent to an activating group) is 1. The summed E-state index contributed by atoms with van der Waals surface area (Å²) in [6.07, 6.45) is 0. The number of hydrogen-bond donors (Lipinski definition) is 2. The quantitative estimate of drug-likeness (QED) is 0.475. The van der Waals surface area contributed by atoms with Crippen molar-refractivity contribution in [2.75, 3.05) is 34.4 Å². The average Bonchev–Trinajstić information content (AvgIpc) is 2.75. The van der Waals surface area contributed by atoms with E-state index in [0.717, 1.165) is 36.9 Å². The molecule has 0 heterocycles. The monoisotopic (exact) mass is 398 g/mol.